The Hall–Kier alpha value is -1.32. The summed E-state index contributed by atoms with van der Waals surface area (Å²) in [6.07, 6.45) is 2.50. The van der Waals surface area contributed by atoms with E-state index in [9.17, 15) is 0 Å². The average molecular weight is 346 g/mol. The topological polar surface area (TPSA) is 21.3 Å². The number of hydrogen-bond acceptors (Lipinski definition) is 2. The first-order valence-corrected chi connectivity index (χ1v) is 8.31. The highest BCUT2D eigenvalue weighted by molar-refractivity contribution is 9.10. The zero-order chi connectivity index (χ0) is 14.5. The van der Waals surface area contributed by atoms with E-state index in [2.05, 4.69) is 57.6 Å². The molecule has 1 aliphatic rings. The fraction of sp³-hybridized carbons (Fsp3) is 0.333. The van der Waals surface area contributed by atoms with Gasteiger partial charge in [0.25, 0.3) is 0 Å². The molecule has 2 aromatic rings. The predicted octanol–water partition coefficient (Wildman–Crippen LogP) is 4.49. The first-order chi connectivity index (χ1) is 10.3. The van der Waals surface area contributed by atoms with Gasteiger partial charge in [-0.25, -0.2) is 0 Å². The Kier molecular flexibility index (Phi) is 4.94. The summed E-state index contributed by atoms with van der Waals surface area (Å²) in [7, 11) is 0. The second-order valence-electron chi connectivity index (χ2n) is 5.53. The van der Waals surface area contributed by atoms with Crippen molar-refractivity contribution >= 4 is 15.9 Å². The fourth-order valence-electron chi connectivity index (χ4n) is 2.75. The molecule has 1 atom stereocenters. The van der Waals surface area contributed by atoms with Gasteiger partial charge >= 0.3 is 0 Å². The van der Waals surface area contributed by atoms with E-state index in [1.165, 1.54) is 18.4 Å². The lowest BCUT2D eigenvalue weighted by molar-refractivity contribution is 0.219. The SMILES string of the molecule is Brc1ccc(OCC2CCCNC2)c(-c2ccccc2)c1. The van der Waals surface area contributed by atoms with Gasteiger partial charge in [0.15, 0.2) is 0 Å². The molecule has 1 heterocycles. The van der Waals surface area contributed by atoms with E-state index in [0.717, 1.165) is 35.5 Å². The van der Waals surface area contributed by atoms with Crippen molar-refractivity contribution in [1.82, 2.24) is 5.32 Å². The van der Waals surface area contributed by atoms with Crippen LogP contribution in [-0.2, 0) is 0 Å². The van der Waals surface area contributed by atoms with Crippen molar-refractivity contribution in [2.75, 3.05) is 19.7 Å². The number of piperidine rings is 1. The fourth-order valence-corrected chi connectivity index (χ4v) is 3.11. The van der Waals surface area contributed by atoms with Crippen LogP contribution in [0.25, 0.3) is 11.1 Å². The summed E-state index contributed by atoms with van der Waals surface area (Å²) in [4.78, 5) is 0. The second kappa shape index (κ2) is 7.10. The number of rotatable bonds is 4. The number of hydrogen-bond donors (Lipinski definition) is 1. The third kappa shape index (κ3) is 3.86. The highest BCUT2D eigenvalue weighted by Gasteiger charge is 2.15. The molecule has 1 fully saturated rings. The van der Waals surface area contributed by atoms with Crippen LogP contribution in [0, 0.1) is 5.92 Å². The molecule has 110 valence electrons. The zero-order valence-corrected chi connectivity index (χ0v) is 13.6. The maximum atomic E-state index is 6.13. The molecule has 1 saturated heterocycles. The van der Waals surface area contributed by atoms with Crippen molar-refractivity contribution in [2.45, 2.75) is 12.8 Å². The van der Waals surface area contributed by atoms with Crippen molar-refractivity contribution in [3.05, 3.63) is 53.0 Å². The van der Waals surface area contributed by atoms with Crippen LogP contribution in [0.15, 0.2) is 53.0 Å². The minimum atomic E-state index is 0.617. The third-order valence-corrected chi connectivity index (χ3v) is 4.39. The van der Waals surface area contributed by atoms with Crippen LogP contribution in [-0.4, -0.2) is 19.7 Å². The summed E-state index contributed by atoms with van der Waals surface area (Å²) in [5.41, 5.74) is 2.34. The molecular weight excluding hydrogens is 326 g/mol. The van der Waals surface area contributed by atoms with E-state index in [0.29, 0.717) is 5.92 Å². The van der Waals surface area contributed by atoms with Gasteiger partial charge in [-0.15, -0.1) is 0 Å². The molecule has 3 rings (SSSR count). The molecule has 0 bridgehead atoms. The Morgan fingerprint density at radius 1 is 1.14 bits per heavy atom. The van der Waals surface area contributed by atoms with Gasteiger partial charge in [-0.1, -0.05) is 46.3 Å². The van der Waals surface area contributed by atoms with Crippen molar-refractivity contribution in [2.24, 2.45) is 5.92 Å². The maximum Gasteiger partial charge on any atom is 0.127 e. The first-order valence-electron chi connectivity index (χ1n) is 7.51. The third-order valence-electron chi connectivity index (χ3n) is 3.90. The normalized spacial score (nSPS) is 18.4. The van der Waals surface area contributed by atoms with E-state index in [1.54, 1.807) is 0 Å². The van der Waals surface area contributed by atoms with Crippen LogP contribution < -0.4 is 10.1 Å². The lowest BCUT2D eigenvalue weighted by Gasteiger charge is -2.23. The lowest BCUT2D eigenvalue weighted by Crippen LogP contribution is -2.33. The number of halogens is 1. The molecule has 1 N–H and O–H groups in total. The molecule has 21 heavy (non-hydrogen) atoms. The molecule has 0 radical (unpaired) electrons. The summed E-state index contributed by atoms with van der Waals surface area (Å²) >= 11 is 3.56. The van der Waals surface area contributed by atoms with Crippen LogP contribution in [0.5, 0.6) is 5.75 Å². The highest BCUT2D eigenvalue weighted by Crippen LogP contribution is 2.33. The summed E-state index contributed by atoms with van der Waals surface area (Å²) in [6, 6.07) is 16.6. The molecule has 0 aromatic heterocycles. The van der Waals surface area contributed by atoms with Gasteiger partial charge in [-0.2, -0.15) is 0 Å². The average Bonchev–Trinajstić information content (AvgIpc) is 2.55. The summed E-state index contributed by atoms with van der Waals surface area (Å²) < 4.78 is 7.20. The molecule has 2 nitrogen and oxygen atoms in total. The minimum Gasteiger partial charge on any atom is -0.493 e. The largest absolute Gasteiger partial charge is 0.493 e. The Bertz CT molecular complexity index is 579. The smallest absolute Gasteiger partial charge is 0.127 e. The molecule has 0 spiro atoms. The molecule has 0 aliphatic carbocycles. The van der Waals surface area contributed by atoms with Gasteiger partial charge in [0.2, 0.25) is 0 Å². The lowest BCUT2D eigenvalue weighted by atomic mass is 10.0. The van der Waals surface area contributed by atoms with Crippen LogP contribution in [0.2, 0.25) is 0 Å². The second-order valence-corrected chi connectivity index (χ2v) is 6.45. The summed E-state index contributed by atoms with van der Waals surface area (Å²) in [6.45, 7) is 3.00. The van der Waals surface area contributed by atoms with E-state index in [4.69, 9.17) is 4.74 Å². The quantitative estimate of drug-likeness (QED) is 0.880. The molecule has 0 saturated carbocycles. The van der Waals surface area contributed by atoms with Gasteiger partial charge in [0, 0.05) is 22.5 Å². The Labute approximate surface area is 134 Å². The first kappa shape index (κ1) is 14.6. The Balaban J connectivity index is 1.78. The Morgan fingerprint density at radius 3 is 2.76 bits per heavy atom. The van der Waals surface area contributed by atoms with Crippen molar-refractivity contribution in [3.63, 3.8) is 0 Å². The minimum absolute atomic E-state index is 0.617. The molecule has 1 aliphatic heterocycles. The van der Waals surface area contributed by atoms with E-state index >= 15 is 0 Å². The number of nitrogens with one attached hydrogen (secondary N) is 1. The maximum absolute atomic E-state index is 6.13. The van der Waals surface area contributed by atoms with Crippen molar-refractivity contribution in [1.29, 1.82) is 0 Å². The van der Waals surface area contributed by atoms with Crippen LogP contribution in [0.1, 0.15) is 12.8 Å². The predicted molar refractivity (Wildman–Crippen MR) is 90.7 cm³/mol. The highest BCUT2D eigenvalue weighted by atomic mass is 79.9. The van der Waals surface area contributed by atoms with Gasteiger partial charge in [0.05, 0.1) is 6.61 Å². The molecule has 0 amide bonds. The molecule has 2 aromatic carbocycles. The van der Waals surface area contributed by atoms with Gasteiger partial charge in [0.1, 0.15) is 5.75 Å². The molecule has 3 heteroatoms. The van der Waals surface area contributed by atoms with E-state index < -0.39 is 0 Å². The standard InChI is InChI=1S/C18H20BrNO/c19-16-8-9-18(21-13-14-5-4-10-20-12-14)17(11-16)15-6-2-1-3-7-15/h1-3,6-9,11,14,20H,4-5,10,12-13H2. The van der Waals surface area contributed by atoms with Crippen LogP contribution >= 0.6 is 15.9 Å². The molecular formula is C18H20BrNO. The molecule has 1 unspecified atom stereocenters. The van der Waals surface area contributed by atoms with Crippen LogP contribution in [0.4, 0.5) is 0 Å². The summed E-state index contributed by atoms with van der Waals surface area (Å²) in [5, 5.41) is 3.44. The van der Waals surface area contributed by atoms with Gasteiger partial charge in [-0.05, 0) is 43.1 Å². The van der Waals surface area contributed by atoms with E-state index in [1.807, 2.05) is 12.1 Å². The zero-order valence-electron chi connectivity index (χ0n) is 12.0. The van der Waals surface area contributed by atoms with E-state index in [-0.39, 0.29) is 0 Å². The van der Waals surface area contributed by atoms with Gasteiger partial charge < -0.3 is 10.1 Å². The van der Waals surface area contributed by atoms with Crippen molar-refractivity contribution in [3.8, 4) is 16.9 Å². The van der Waals surface area contributed by atoms with Gasteiger partial charge in [-0.3, -0.25) is 0 Å². The number of benzene rings is 2. The Morgan fingerprint density at radius 2 is 2.00 bits per heavy atom. The number of ether oxygens (including phenoxy) is 1. The van der Waals surface area contributed by atoms with Crippen LogP contribution in [0.3, 0.4) is 0 Å². The monoisotopic (exact) mass is 345 g/mol. The summed E-state index contributed by atoms with van der Waals surface area (Å²) in [5.74, 6) is 1.58. The van der Waals surface area contributed by atoms with Crippen molar-refractivity contribution < 1.29 is 4.74 Å².